The van der Waals surface area contributed by atoms with Crippen LogP contribution in [-0.4, -0.2) is 28.6 Å². The molecule has 1 rings (SSSR count). The molecular formula is C11H20N2O3. The van der Waals surface area contributed by atoms with Gasteiger partial charge in [-0.1, -0.05) is 13.8 Å². The molecule has 0 aromatic rings. The fourth-order valence-corrected chi connectivity index (χ4v) is 1.78. The molecule has 1 fully saturated rings. The first kappa shape index (κ1) is 13.0. The second kappa shape index (κ2) is 4.82. The Kier molecular flexibility index (Phi) is 3.91. The predicted octanol–water partition coefficient (Wildman–Crippen LogP) is 0.483. The number of carboxylic acid groups (broad SMARTS) is 1. The first-order valence-electron chi connectivity index (χ1n) is 5.68. The van der Waals surface area contributed by atoms with E-state index in [2.05, 4.69) is 5.32 Å². The summed E-state index contributed by atoms with van der Waals surface area (Å²) in [6.45, 7) is 3.84. The normalized spacial score (nSPS) is 20.0. The van der Waals surface area contributed by atoms with Crippen LogP contribution in [0.4, 0.5) is 0 Å². The number of amides is 1. The standard InChI is InChI=1S/C11H20N2O3/c1-7(2)6-8(9(14)15)13-10(16)11(12)4-3-5-11/h7-8H,3-6,12H2,1-2H3,(H,13,16)(H,14,15)/t8-/m0/s1. The molecule has 1 atom stereocenters. The molecule has 4 N–H and O–H groups in total. The summed E-state index contributed by atoms with van der Waals surface area (Å²) in [4.78, 5) is 22.7. The van der Waals surface area contributed by atoms with Gasteiger partial charge in [0.05, 0.1) is 5.54 Å². The van der Waals surface area contributed by atoms with Crippen molar-refractivity contribution in [3.63, 3.8) is 0 Å². The van der Waals surface area contributed by atoms with E-state index in [0.29, 0.717) is 19.3 Å². The van der Waals surface area contributed by atoms with Gasteiger partial charge in [0, 0.05) is 0 Å². The van der Waals surface area contributed by atoms with Gasteiger partial charge in [-0.3, -0.25) is 4.79 Å². The molecule has 16 heavy (non-hydrogen) atoms. The lowest BCUT2D eigenvalue weighted by Crippen LogP contribution is -2.61. The number of hydrogen-bond acceptors (Lipinski definition) is 3. The molecular weight excluding hydrogens is 208 g/mol. The quantitative estimate of drug-likeness (QED) is 0.638. The zero-order valence-electron chi connectivity index (χ0n) is 9.82. The smallest absolute Gasteiger partial charge is 0.326 e. The molecule has 0 aromatic carbocycles. The van der Waals surface area contributed by atoms with Crippen LogP contribution in [0.15, 0.2) is 0 Å². The molecule has 1 aliphatic carbocycles. The van der Waals surface area contributed by atoms with Gasteiger partial charge in [0.25, 0.3) is 0 Å². The number of carbonyl (C=O) groups excluding carboxylic acids is 1. The van der Waals surface area contributed by atoms with Gasteiger partial charge in [0.1, 0.15) is 6.04 Å². The number of aliphatic carboxylic acids is 1. The average Bonchev–Trinajstić information content (AvgIpc) is 2.11. The van der Waals surface area contributed by atoms with Gasteiger partial charge in [0.15, 0.2) is 0 Å². The Balaban J connectivity index is 2.54. The van der Waals surface area contributed by atoms with E-state index < -0.39 is 17.6 Å². The topological polar surface area (TPSA) is 92.4 Å². The van der Waals surface area contributed by atoms with Gasteiger partial charge in [-0.15, -0.1) is 0 Å². The molecule has 0 aliphatic heterocycles. The van der Waals surface area contributed by atoms with Crippen molar-refractivity contribution in [3.8, 4) is 0 Å². The number of carbonyl (C=O) groups is 2. The highest BCUT2D eigenvalue weighted by Crippen LogP contribution is 2.29. The molecule has 1 saturated carbocycles. The minimum Gasteiger partial charge on any atom is -0.480 e. The lowest BCUT2D eigenvalue weighted by atomic mass is 9.77. The van der Waals surface area contributed by atoms with Crippen LogP contribution in [-0.2, 0) is 9.59 Å². The summed E-state index contributed by atoms with van der Waals surface area (Å²) in [6, 6.07) is -0.825. The Morgan fingerprint density at radius 2 is 2.00 bits per heavy atom. The van der Waals surface area contributed by atoms with Crippen molar-refractivity contribution in [2.45, 2.75) is 51.1 Å². The van der Waals surface area contributed by atoms with E-state index in [1.54, 1.807) is 0 Å². The molecule has 0 saturated heterocycles. The van der Waals surface area contributed by atoms with Crippen molar-refractivity contribution in [2.75, 3.05) is 0 Å². The zero-order valence-corrected chi connectivity index (χ0v) is 9.82. The first-order chi connectivity index (χ1) is 7.35. The largest absolute Gasteiger partial charge is 0.480 e. The monoisotopic (exact) mass is 228 g/mol. The van der Waals surface area contributed by atoms with E-state index >= 15 is 0 Å². The van der Waals surface area contributed by atoms with E-state index in [9.17, 15) is 9.59 Å². The van der Waals surface area contributed by atoms with E-state index in [-0.39, 0.29) is 11.8 Å². The highest BCUT2D eigenvalue weighted by molar-refractivity contribution is 5.90. The van der Waals surface area contributed by atoms with Crippen molar-refractivity contribution in [1.82, 2.24) is 5.32 Å². The van der Waals surface area contributed by atoms with Gasteiger partial charge in [-0.05, 0) is 31.6 Å². The van der Waals surface area contributed by atoms with E-state index in [1.807, 2.05) is 13.8 Å². The molecule has 0 bridgehead atoms. The van der Waals surface area contributed by atoms with E-state index in [0.717, 1.165) is 6.42 Å². The lowest BCUT2D eigenvalue weighted by molar-refractivity contribution is -0.143. The highest BCUT2D eigenvalue weighted by atomic mass is 16.4. The number of carboxylic acids is 1. The fourth-order valence-electron chi connectivity index (χ4n) is 1.78. The Bertz CT molecular complexity index is 285. The van der Waals surface area contributed by atoms with Crippen molar-refractivity contribution in [2.24, 2.45) is 11.7 Å². The van der Waals surface area contributed by atoms with Crippen molar-refractivity contribution in [1.29, 1.82) is 0 Å². The minimum atomic E-state index is -0.995. The zero-order chi connectivity index (χ0) is 12.3. The van der Waals surface area contributed by atoms with Crippen LogP contribution in [0.3, 0.4) is 0 Å². The first-order valence-corrected chi connectivity index (χ1v) is 5.68. The molecule has 1 aliphatic rings. The van der Waals surface area contributed by atoms with Crippen LogP contribution in [0.1, 0.15) is 39.5 Å². The second-order valence-electron chi connectivity index (χ2n) is 5.00. The molecule has 0 heterocycles. The summed E-state index contributed by atoms with van der Waals surface area (Å²) in [6.07, 6.45) is 2.66. The maximum atomic E-state index is 11.7. The van der Waals surface area contributed by atoms with Crippen molar-refractivity contribution < 1.29 is 14.7 Å². The van der Waals surface area contributed by atoms with Gasteiger partial charge in [-0.2, -0.15) is 0 Å². The Morgan fingerprint density at radius 3 is 2.31 bits per heavy atom. The number of rotatable bonds is 5. The molecule has 1 amide bonds. The van der Waals surface area contributed by atoms with Gasteiger partial charge in [-0.25, -0.2) is 4.79 Å². The van der Waals surface area contributed by atoms with Crippen molar-refractivity contribution >= 4 is 11.9 Å². The second-order valence-corrected chi connectivity index (χ2v) is 5.00. The van der Waals surface area contributed by atoms with Crippen LogP contribution in [0.5, 0.6) is 0 Å². The Morgan fingerprint density at radius 1 is 1.44 bits per heavy atom. The summed E-state index contributed by atoms with van der Waals surface area (Å²) >= 11 is 0. The van der Waals surface area contributed by atoms with Crippen LogP contribution < -0.4 is 11.1 Å². The summed E-state index contributed by atoms with van der Waals surface area (Å²) < 4.78 is 0. The van der Waals surface area contributed by atoms with Crippen LogP contribution in [0, 0.1) is 5.92 Å². The summed E-state index contributed by atoms with van der Waals surface area (Å²) in [5.74, 6) is -1.10. The maximum Gasteiger partial charge on any atom is 0.326 e. The van der Waals surface area contributed by atoms with Gasteiger partial charge < -0.3 is 16.2 Å². The Hall–Kier alpha value is -1.10. The molecule has 0 aromatic heterocycles. The third-order valence-electron chi connectivity index (χ3n) is 3.01. The maximum absolute atomic E-state index is 11.7. The van der Waals surface area contributed by atoms with Crippen LogP contribution >= 0.6 is 0 Å². The molecule has 92 valence electrons. The van der Waals surface area contributed by atoms with E-state index in [1.165, 1.54) is 0 Å². The third kappa shape index (κ3) is 2.95. The van der Waals surface area contributed by atoms with Crippen molar-refractivity contribution in [3.05, 3.63) is 0 Å². The molecule has 0 spiro atoms. The Labute approximate surface area is 95.4 Å². The van der Waals surface area contributed by atoms with Gasteiger partial charge >= 0.3 is 5.97 Å². The molecule has 5 heteroatoms. The third-order valence-corrected chi connectivity index (χ3v) is 3.01. The average molecular weight is 228 g/mol. The molecule has 0 radical (unpaired) electrons. The summed E-state index contributed by atoms with van der Waals surface area (Å²) in [5, 5.41) is 11.5. The van der Waals surface area contributed by atoms with Crippen LogP contribution in [0.2, 0.25) is 0 Å². The fraction of sp³-hybridized carbons (Fsp3) is 0.818. The minimum absolute atomic E-state index is 0.219. The van der Waals surface area contributed by atoms with E-state index in [4.69, 9.17) is 10.8 Å². The number of nitrogens with one attached hydrogen (secondary N) is 1. The lowest BCUT2D eigenvalue weighted by Gasteiger charge is -2.37. The van der Waals surface area contributed by atoms with Gasteiger partial charge in [0.2, 0.25) is 5.91 Å². The highest BCUT2D eigenvalue weighted by Gasteiger charge is 2.41. The molecule has 5 nitrogen and oxygen atoms in total. The number of hydrogen-bond donors (Lipinski definition) is 3. The van der Waals surface area contributed by atoms with Crippen LogP contribution in [0.25, 0.3) is 0 Å². The number of nitrogens with two attached hydrogens (primary N) is 1. The SMILES string of the molecule is CC(C)C[C@H](NC(=O)C1(N)CCC1)C(=O)O. The molecule has 0 unspecified atom stereocenters. The predicted molar refractivity (Wildman–Crippen MR) is 59.8 cm³/mol. The summed E-state index contributed by atoms with van der Waals surface area (Å²) in [7, 11) is 0. The summed E-state index contributed by atoms with van der Waals surface area (Å²) in [5.41, 5.74) is 4.99.